The summed E-state index contributed by atoms with van der Waals surface area (Å²) in [5.74, 6) is -0.894. The summed E-state index contributed by atoms with van der Waals surface area (Å²) in [4.78, 5) is 0. The Kier molecular flexibility index (Phi) is 16.2. The monoisotopic (exact) mass is 368 g/mol. The Morgan fingerprint density at radius 1 is 1.00 bits per heavy atom. The Hall–Kier alpha value is -1.48. The van der Waals surface area contributed by atoms with Gasteiger partial charge in [0, 0.05) is 12.2 Å². The molecule has 0 radical (unpaired) electrons. The Morgan fingerprint density at radius 2 is 1.58 bits per heavy atom. The van der Waals surface area contributed by atoms with Crippen molar-refractivity contribution in [3.8, 4) is 0 Å². The van der Waals surface area contributed by atoms with Crippen LogP contribution in [0.1, 0.15) is 62.3 Å². The maximum atomic E-state index is 14.2. The zero-order chi connectivity index (χ0) is 20.7. The summed E-state index contributed by atoms with van der Waals surface area (Å²) in [7, 11) is 0. The maximum Gasteiger partial charge on any atom is 0.164 e. The first-order valence-electron chi connectivity index (χ1n) is 9.56. The molecule has 0 N–H and O–H groups in total. The first kappa shape index (κ1) is 26.7. The lowest BCUT2D eigenvalue weighted by molar-refractivity contribution is 0.170. The van der Waals surface area contributed by atoms with E-state index < -0.39 is 11.7 Å². The van der Waals surface area contributed by atoms with Gasteiger partial charge in [-0.1, -0.05) is 64.5 Å². The van der Waals surface area contributed by atoms with Crippen LogP contribution in [0.3, 0.4) is 0 Å². The first-order valence-corrected chi connectivity index (χ1v) is 9.56. The van der Waals surface area contributed by atoms with Crippen LogP contribution in [-0.2, 0) is 4.74 Å². The third-order valence-corrected chi connectivity index (χ3v) is 3.75. The van der Waals surface area contributed by atoms with E-state index >= 15 is 0 Å². The fraction of sp³-hybridized carbons (Fsp3) is 0.565. The highest BCUT2D eigenvalue weighted by atomic mass is 19.2. The molecule has 0 aliphatic carbocycles. The zero-order valence-electron chi connectivity index (χ0n) is 18.1. The van der Waals surface area contributed by atoms with Crippen molar-refractivity contribution in [3.05, 3.63) is 58.8 Å². The molecule has 1 atom stereocenters. The van der Waals surface area contributed by atoms with Crippen LogP contribution >= 0.6 is 0 Å². The van der Waals surface area contributed by atoms with E-state index in [1.54, 1.807) is 6.92 Å². The van der Waals surface area contributed by atoms with E-state index in [-0.39, 0.29) is 12.2 Å². The molecule has 0 aliphatic rings. The predicted octanol–water partition coefficient (Wildman–Crippen LogP) is 7.89. The van der Waals surface area contributed by atoms with Gasteiger partial charge in [0.25, 0.3) is 0 Å². The van der Waals surface area contributed by atoms with Gasteiger partial charge in [0.2, 0.25) is 0 Å². The molecule has 0 saturated carbocycles. The molecule has 0 bridgehead atoms. The molecule has 3 heteroatoms. The summed E-state index contributed by atoms with van der Waals surface area (Å²) in [5, 5.41) is 0. The topological polar surface area (TPSA) is 9.23 Å². The smallest absolute Gasteiger partial charge is 0.164 e. The average Bonchev–Trinajstić information content (AvgIpc) is 2.64. The fourth-order valence-corrected chi connectivity index (χ4v) is 1.87. The molecule has 0 aromatic heterocycles. The van der Waals surface area contributed by atoms with Crippen molar-refractivity contribution in [2.75, 3.05) is 13.2 Å². The Labute approximate surface area is 160 Å². The van der Waals surface area contributed by atoms with Crippen molar-refractivity contribution < 1.29 is 13.5 Å². The zero-order valence-corrected chi connectivity index (χ0v) is 18.1. The van der Waals surface area contributed by atoms with Crippen molar-refractivity contribution in [2.24, 2.45) is 11.8 Å². The summed E-state index contributed by atoms with van der Waals surface area (Å²) >= 11 is 0. The second-order valence-corrected chi connectivity index (χ2v) is 6.24. The Morgan fingerprint density at radius 3 is 2.04 bits per heavy atom. The van der Waals surface area contributed by atoms with Crippen molar-refractivity contribution in [1.29, 1.82) is 0 Å². The molecule has 0 fully saturated rings. The highest BCUT2D eigenvalue weighted by molar-refractivity contribution is 5.40. The van der Waals surface area contributed by atoms with E-state index in [1.165, 1.54) is 6.92 Å². The van der Waals surface area contributed by atoms with Crippen LogP contribution in [0.4, 0.5) is 8.78 Å². The number of halogens is 2. The standard InChI is InChI=1S/C21H32F2O.C2H6/c1-8-20(22)21(23)19(14-24-9-2)18(7)13-12-17(6)16(5)11-10-15(3)4;1-2/h8,10-13,15-16H,9,14H2,1-7H3;1-2H3/b11-10-,17-12+,18-13+,20-8+,21-19-;. The molecule has 150 valence electrons. The third kappa shape index (κ3) is 11.2. The van der Waals surface area contributed by atoms with Crippen LogP contribution in [0, 0.1) is 11.8 Å². The lowest BCUT2D eigenvalue weighted by Crippen LogP contribution is -2.02. The molecule has 0 heterocycles. The van der Waals surface area contributed by atoms with Gasteiger partial charge in [-0.05, 0) is 51.2 Å². The van der Waals surface area contributed by atoms with E-state index in [1.807, 2.05) is 39.8 Å². The van der Waals surface area contributed by atoms with E-state index in [2.05, 4.69) is 32.9 Å². The summed E-state index contributed by atoms with van der Waals surface area (Å²) in [6.45, 7) is 18.0. The lowest BCUT2D eigenvalue weighted by Gasteiger charge is -2.11. The second-order valence-electron chi connectivity index (χ2n) is 6.24. The SMILES string of the molecule is CC.C\C=C(F)/C(F)=C(COCC)/C(C)=C/C=C(\C)C(C)/C=C\C(C)C. The molecule has 1 nitrogen and oxygen atoms in total. The summed E-state index contributed by atoms with van der Waals surface area (Å²) in [6, 6.07) is 0. The molecule has 0 rings (SSSR count). The van der Waals surface area contributed by atoms with Gasteiger partial charge >= 0.3 is 0 Å². The highest BCUT2D eigenvalue weighted by Crippen LogP contribution is 2.24. The van der Waals surface area contributed by atoms with Crippen LogP contribution in [0.5, 0.6) is 0 Å². The van der Waals surface area contributed by atoms with Gasteiger partial charge in [-0.3, -0.25) is 0 Å². The van der Waals surface area contributed by atoms with E-state index in [0.29, 0.717) is 24.0 Å². The summed E-state index contributed by atoms with van der Waals surface area (Å²) in [6.07, 6.45) is 9.23. The van der Waals surface area contributed by atoms with Gasteiger partial charge in [0.15, 0.2) is 11.7 Å². The van der Waals surface area contributed by atoms with Crippen LogP contribution in [0.25, 0.3) is 0 Å². The number of hydrogen-bond acceptors (Lipinski definition) is 1. The van der Waals surface area contributed by atoms with Crippen molar-refractivity contribution in [2.45, 2.75) is 62.3 Å². The minimum Gasteiger partial charge on any atom is -0.377 e. The highest BCUT2D eigenvalue weighted by Gasteiger charge is 2.13. The van der Waals surface area contributed by atoms with Gasteiger partial charge in [-0.25, -0.2) is 8.78 Å². The number of hydrogen-bond donors (Lipinski definition) is 0. The van der Waals surface area contributed by atoms with Crippen LogP contribution < -0.4 is 0 Å². The molecule has 0 saturated heterocycles. The molecular formula is C23H38F2O. The van der Waals surface area contributed by atoms with Crippen LogP contribution in [0.2, 0.25) is 0 Å². The van der Waals surface area contributed by atoms with Crippen LogP contribution in [-0.4, -0.2) is 13.2 Å². The second kappa shape index (κ2) is 15.7. The van der Waals surface area contributed by atoms with Gasteiger partial charge in [0.05, 0.1) is 6.61 Å². The molecule has 0 aromatic carbocycles. The van der Waals surface area contributed by atoms with E-state index in [9.17, 15) is 8.78 Å². The number of allylic oxidation sites excluding steroid dienone is 8. The molecular weight excluding hydrogens is 330 g/mol. The number of rotatable bonds is 9. The van der Waals surface area contributed by atoms with Gasteiger partial charge < -0.3 is 4.74 Å². The summed E-state index contributed by atoms with van der Waals surface area (Å²) in [5.41, 5.74) is 2.08. The van der Waals surface area contributed by atoms with Crippen molar-refractivity contribution in [3.63, 3.8) is 0 Å². The first-order chi connectivity index (χ1) is 12.2. The largest absolute Gasteiger partial charge is 0.377 e. The Balaban J connectivity index is 0. The van der Waals surface area contributed by atoms with Gasteiger partial charge in [0.1, 0.15) is 0 Å². The molecule has 26 heavy (non-hydrogen) atoms. The Bertz CT molecular complexity index is 534. The van der Waals surface area contributed by atoms with E-state index in [4.69, 9.17) is 4.74 Å². The van der Waals surface area contributed by atoms with Crippen molar-refractivity contribution >= 4 is 0 Å². The molecule has 0 aliphatic heterocycles. The maximum absolute atomic E-state index is 14.2. The minimum absolute atomic E-state index is 0.0572. The van der Waals surface area contributed by atoms with Gasteiger partial charge in [-0.15, -0.1) is 0 Å². The third-order valence-electron chi connectivity index (χ3n) is 3.75. The van der Waals surface area contributed by atoms with E-state index in [0.717, 1.165) is 11.6 Å². The predicted molar refractivity (Wildman–Crippen MR) is 111 cm³/mol. The normalized spacial score (nSPS) is 15.8. The molecule has 0 aromatic rings. The fourth-order valence-electron chi connectivity index (χ4n) is 1.87. The van der Waals surface area contributed by atoms with Crippen LogP contribution in [0.15, 0.2) is 58.8 Å². The quantitative estimate of drug-likeness (QED) is 0.297. The summed E-state index contributed by atoms with van der Waals surface area (Å²) < 4.78 is 33.1. The number of ether oxygens (including phenoxy) is 1. The van der Waals surface area contributed by atoms with Crippen molar-refractivity contribution in [1.82, 2.24) is 0 Å². The minimum atomic E-state index is -0.855. The molecule has 0 amide bonds. The molecule has 0 spiro atoms. The average molecular weight is 369 g/mol. The lowest BCUT2D eigenvalue weighted by atomic mass is 9.98. The van der Waals surface area contributed by atoms with Gasteiger partial charge in [-0.2, -0.15) is 0 Å². The molecule has 1 unspecified atom stereocenters.